The molecule has 1 aromatic carbocycles. The van der Waals surface area contributed by atoms with Gasteiger partial charge in [-0.2, -0.15) is 0 Å². The van der Waals surface area contributed by atoms with Crippen LogP contribution >= 0.6 is 0 Å². The molecule has 1 rings (SSSR count). The number of hydrogen-bond acceptors (Lipinski definition) is 5. The van der Waals surface area contributed by atoms with Crippen LogP contribution in [0.3, 0.4) is 0 Å². The van der Waals surface area contributed by atoms with Crippen LogP contribution < -0.4 is 9.47 Å². The van der Waals surface area contributed by atoms with Gasteiger partial charge in [-0.05, 0) is 12.1 Å². The van der Waals surface area contributed by atoms with Gasteiger partial charge in [-0.1, -0.05) is 0 Å². The molecule has 1 aromatic rings. The number of rotatable bonds is 4. The average molecular weight is 368 g/mol. The zero-order chi connectivity index (χ0) is 18.2. The first-order chi connectivity index (χ1) is 10.1. The van der Waals surface area contributed by atoms with Gasteiger partial charge >= 0.3 is 18.7 Å². The number of carbonyl (C=O) groups is 1. The summed E-state index contributed by atoms with van der Waals surface area (Å²) in [5, 5.41) is 8.77. The van der Waals surface area contributed by atoms with Crippen LogP contribution in [0.25, 0.3) is 0 Å². The molecule has 0 aliphatic carbocycles. The molecule has 0 aromatic heterocycles. The molecule has 0 radical (unpaired) electrons. The van der Waals surface area contributed by atoms with Crippen LogP contribution in [0.1, 0.15) is 10.4 Å². The third kappa shape index (κ3) is 5.19. The summed E-state index contributed by atoms with van der Waals surface area (Å²) in [6.45, 7) is 0. The maximum Gasteiger partial charge on any atom is 0.573 e. The van der Waals surface area contributed by atoms with Crippen molar-refractivity contribution in [3.63, 3.8) is 0 Å². The summed E-state index contributed by atoms with van der Waals surface area (Å²) < 4.78 is 103. The largest absolute Gasteiger partial charge is 0.573 e. The molecule has 0 spiro atoms. The van der Waals surface area contributed by atoms with E-state index < -0.39 is 50.5 Å². The Morgan fingerprint density at radius 2 is 1.52 bits per heavy atom. The monoisotopic (exact) mass is 368 g/mol. The Morgan fingerprint density at radius 3 is 1.87 bits per heavy atom. The van der Waals surface area contributed by atoms with Crippen molar-refractivity contribution in [2.24, 2.45) is 0 Å². The number of benzene rings is 1. The molecule has 0 bridgehead atoms. The molecule has 0 fully saturated rings. The summed E-state index contributed by atoms with van der Waals surface area (Å²) in [6.07, 6.45) is -10.7. The maximum absolute atomic E-state index is 12.3. The second-order valence-electron chi connectivity index (χ2n) is 3.94. The Morgan fingerprint density at radius 1 is 1.04 bits per heavy atom. The van der Waals surface area contributed by atoms with Crippen molar-refractivity contribution >= 4 is 15.8 Å². The zero-order valence-corrected chi connectivity index (χ0v) is 11.6. The Labute approximate surface area is 124 Å². The molecule has 0 aliphatic rings. The number of carboxylic acids is 1. The topological polar surface area (TPSA) is 89.9 Å². The van der Waals surface area contributed by atoms with Crippen LogP contribution in [0.15, 0.2) is 17.0 Å². The van der Waals surface area contributed by atoms with Crippen molar-refractivity contribution in [2.45, 2.75) is 17.6 Å². The van der Waals surface area contributed by atoms with E-state index in [9.17, 15) is 39.6 Å². The summed E-state index contributed by atoms with van der Waals surface area (Å²) in [7, 11) is -4.78. The van der Waals surface area contributed by atoms with Gasteiger partial charge in [-0.3, -0.25) is 0 Å². The molecule has 130 valence electrons. The second kappa shape index (κ2) is 5.79. The van der Waals surface area contributed by atoms with E-state index in [-0.39, 0.29) is 12.3 Å². The minimum Gasteiger partial charge on any atom is -0.478 e. The molecular weight excluding hydrogens is 362 g/mol. The Balaban J connectivity index is 3.77. The summed E-state index contributed by atoms with van der Waals surface area (Å²) in [6, 6.07) is 0.551. The second-order valence-corrected chi connectivity index (χ2v) is 5.90. The van der Waals surface area contributed by atoms with Gasteiger partial charge in [0.25, 0.3) is 0 Å². The lowest BCUT2D eigenvalue weighted by molar-refractivity contribution is -0.278. The minimum absolute atomic E-state index is 0.260. The van der Waals surface area contributed by atoms with Gasteiger partial charge in [-0.15, -0.1) is 26.3 Å². The van der Waals surface area contributed by atoms with Crippen LogP contribution in [0.2, 0.25) is 0 Å². The molecule has 0 saturated carbocycles. The van der Waals surface area contributed by atoms with Gasteiger partial charge in [0.15, 0.2) is 26.2 Å². The van der Waals surface area contributed by atoms with Crippen molar-refractivity contribution in [3.8, 4) is 11.5 Å². The van der Waals surface area contributed by atoms with Gasteiger partial charge in [0, 0.05) is 6.26 Å². The molecule has 6 nitrogen and oxygen atoms in total. The normalized spacial score (nSPS) is 12.8. The Kier molecular flexibility index (Phi) is 4.75. The standard InChI is InChI=1S/C10H6F6O6S/c1-23(19,20)7-5(21-9(11,12)13)3-2-4(8(17)18)6(7)22-10(14,15)16/h2-3H,1H3,(H,17,18). The summed E-state index contributed by atoms with van der Waals surface area (Å²) >= 11 is 0. The van der Waals surface area contributed by atoms with Crippen molar-refractivity contribution in [3.05, 3.63) is 17.7 Å². The molecule has 0 unspecified atom stereocenters. The van der Waals surface area contributed by atoms with E-state index in [1.807, 2.05) is 0 Å². The van der Waals surface area contributed by atoms with E-state index in [0.717, 1.165) is 0 Å². The number of halogens is 6. The molecule has 1 N–H and O–H groups in total. The highest BCUT2D eigenvalue weighted by Gasteiger charge is 2.40. The molecular formula is C10H6F6O6S. The molecule has 0 saturated heterocycles. The molecule has 0 amide bonds. The number of aromatic carboxylic acids is 1. The number of alkyl halides is 6. The Bertz CT molecular complexity index is 721. The maximum atomic E-state index is 12.3. The van der Waals surface area contributed by atoms with Gasteiger partial charge in [0.2, 0.25) is 0 Å². The summed E-state index contributed by atoms with van der Waals surface area (Å²) in [4.78, 5) is 9.19. The summed E-state index contributed by atoms with van der Waals surface area (Å²) in [5.41, 5.74) is -1.31. The van der Waals surface area contributed by atoms with E-state index in [1.165, 1.54) is 0 Å². The van der Waals surface area contributed by atoms with E-state index in [4.69, 9.17) is 5.11 Å². The highest BCUT2D eigenvalue weighted by atomic mass is 32.2. The summed E-state index contributed by atoms with van der Waals surface area (Å²) in [5.74, 6) is -5.42. The van der Waals surface area contributed by atoms with Crippen molar-refractivity contribution < 1.29 is 54.1 Å². The predicted octanol–water partition coefficient (Wildman–Crippen LogP) is 2.59. The van der Waals surface area contributed by atoms with Crippen LogP contribution in [0.5, 0.6) is 11.5 Å². The molecule has 0 atom stereocenters. The smallest absolute Gasteiger partial charge is 0.478 e. The van der Waals surface area contributed by atoms with Crippen molar-refractivity contribution in [1.29, 1.82) is 0 Å². The third-order valence-electron chi connectivity index (χ3n) is 2.12. The molecule has 13 heteroatoms. The van der Waals surface area contributed by atoms with E-state index >= 15 is 0 Å². The molecule has 23 heavy (non-hydrogen) atoms. The van der Waals surface area contributed by atoms with Gasteiger partial charge < -0.3 is 14.6 Å². The number of carboxylic acid groups (broad SMARTS) is 1. The predicted molar refractivity (Wildman–Crippen MR) is 59.9 cm³/mol. The first kappa shape index (κ1) is 18.9. The van der Waals surface area contributed by atoms with Crippen LogP contribution in [0.4, 0.5) is 26.3 Å². The lowest BCUT2D eigenvalue weighted by Crippen LogP contribution is -2.23. The van der Waals surface area contributed by atoms with Gasteiger partial charge in [0.1, 0.15) is 5.56 Å². The van der Waals surface area contributed by atoms with Crippen molar-refractivity contribution in [1.82, 2.24) is 0 Å². The van der Waals surface area contributed by atoms with E-state index in [2.05, 4.69) is 9.47 Å². The molecule has 0 heterocycles. The number of ether oxygens (including phenoxy) is 2. The SMILES string of the molecule is CS(=O)(=O)c1c(OC(F)(F)F)ccc(C(=O)O)c1OC(F)(F)F. The van der Waals surface area contributed by atoms with Crippen molar-refractivity contribution in [2.75, 3.05) is 6.26 Å². The first-order valence-corrected chi connectivity index (χ1v) is 7.13. The third-order valence-corrected chi connectivity index (χ3v) is 3.25. The average Bonchev–Trinajstić information content (AvgIpc) is 2.21. The van der Waals surface area contributed by atoms with Crippen LogP contribution in [-0.2, 0) is 9.84 Å². The first-order valence-electron chi connectivity index (χ1n) is 5.23. The fourth-order valence-electron chi connectivity index (χ4n) is 1.49. The van der Waals surface area contributed by atoms with Crippen LogP contribution in [-0.4, -0.2) is 38.5 Å². The quantitative estimate of drug-likeness (QED) is 0.822. The Hall–Kier alpha value is -2.18. The van der Waals surface area contributed by atoms with E-state index in [1.54, 1.807) is 0 Å². The lowest BCUT2D eigenvalue weighted by Gasteiger charge is -2.18. The van der Waals surface area contributed by atoms with Gasteiger partial charge in [0.05, 0.1) is 0 Å². The highest BCUT2D eigenvalue weighted by molar-refractivity contribution is 7.91. The van der Waals surface area contributed by atoms with Gasteiger partial charge in [-0.25, -0.2) is 13.2 Å². The minimum atomic E-state index is -5.56. The highest BCUT2D eigenvalue weighted by Crippen LogP contribution is 2.41. The van der Waals surface area contributed by atoms with E-state index in [0.29, 0.717) is 6.07 Å². The fourth-order valence-corrected chi connectivity index (χ4v) is 2.45. The number of sulfone groups is 1. The fraction of sp³-hybridized carbons (Fsp3) is 0.300. The zero-order valence-electron chi connectivity index (χ0n) is 10.8. The lowest BCUT2D eigenvalue weighted by atomic mass is 10.2. The molecule has 0 aliphatic heterocycles. The number of hydrogen-bond donors (Lipinski definition) is 1. The van der Waals surface area contributed by atoms with Crippen LogP contribution in [0, 0.1) is 0 Å².